The van der Waals surface area contributed by atoms with Gasteiger partial charge in [-0.2, -0.15) is 0 Å². The van der Waals surface area contributed by atoms with Gasteiger partial charge in [0.2, 0.25) is 5.91 Å². The lowest BCUT2D eigenvalue weighted by molar-refractivity contribution is -0.120. The fourth-order valence-corrected chi connectivity index (χ4v) is 1.29. The van der Waals surface area contributed by atoms with Gasteiger partial charge >= 0.3 is 0 Å². The van der Waals surface area contributed by atoms with Crippen LogP contribution in [0.2, 0.25) is 0 Å². The Balaban J connectivity index is 2.65. The van der Waals surface area contributed by atoms with E-state index in [1.54, 1.807) is 19.2 Å². The van der Waals surface area contributed by atoms with Gasteiger partial charge in [0.25, 0.3) is 0 Å². The molecule has 1 amide bonds. The van der Waals surface area contributed by atoms with Crippen molar-refractivity contribution in [2.24, 2.45) is 0 Å². The van der Waals surface area contributed by atoms with Crippen molar-refractivity contribution in [3.63, 3.8) is 0 Å². The molecule has 0 aromatic heterocycles. The first-order chi connectivity index (χ1) is 6.63. The third-order valence-electron chi connectivity index (χ3n) is 2.21. The topological polar surface area (TPSA) is 29.1 Å². The largest absolute Gasteiger partial charge is 0.359 e. The molecule has 14 heavy (non-hydrogen) atoms. The highest BCUT2D eigenvalue weighted by atomic mass is 19.1. The summed E-state index contributed by atoms with van der Waals surface area (Å²) in [6.07, 6.45) is 0.433. The predicted molar refractivity (Wildman–Crippen MR) is 53.5 cm³/mol. The average Bonchev–Trinajstić information content (AvgIpc) is 2.18. The molecule has 0 heterocycles. The average molecular weight is 195 g/mol. The SMILES string of the molecule is CNC(=O)CC(C)c1ccc(F)cc1. The van der Waals surface area contributed by atoms with Gasteiger partial charge in [0.05, 0.1) is 0 Å². The Morgan fingerprint density at radius 1 is 1.43 bits per heavy atom. The molecule has 3 heteroatoms. The van der Waals surface area contributed by atoms with Gasteiger partial charge in [-0.05, 0) is 23.6 Å². The molecule has 0 aliphatic heterocycles. The minimum Gasteiger partial charge on any atom is -0.359 e. The van der Waals surface area contributed by atoms with Crippen molar-refractivity contribution in [3.8, 4) is 0 Å². The molecule has 1 atom stereocenters. The third-order valence-corrected chi connectivity index (χ3v) is 2.21. The molecule has 0 saturated carbocycles. The minimum atomic E-state index is -0.249. The van der Waals surface area contributed by atoms with Crippen LogP contribution in [0.1, 0.15) is 24.8 Å². The van der Waals surface area contributed by atoms with Crippen LogP contribution < -0.4 is 5.32 Å². The highest BCUT2D eigenvalue weighted by Crippen LogP contribution is 2.18. The van der Waals surface area contributed by atoms with Crippen LogP contribution in [-0.2, 0) is 4.79 Å². The number of amides is 1. The van der Waals surface area contributed by atoms with Crippen molar-refractivity contribution >= 4 is 5.91 Å². The third kappa shape index (κ3) is 2.83. The molecule has 0 aliphatic carbocycles. The van der Waals surface area contributed by atoms with Crippen LogP contribution >= 0.6 is 0 Å². The van der Waals surface area contributed by atoms with Crippen LogP contribution in [0.4, 0.5) is 4.39 Å². The maximum Gasteiger partial charge on any atom is 0.220 e. The Morgan fingerprint density at radius 3 is 2.50 bits per heavy atom. The molecular weight excluding hydrogens is 181 g/mol. The van der Waals surface area contributed by atoms with E-state index in [9.17, 15) is 9.18 Å². The lowest BCUT2D eigenvalue weighted by Crippen LogP contribution is -2.19. The highest BCUT2D eigenvalue weighted by Gasteiger charge is 2.09. The zero-order valence-electron chi connectivity index (χ0n) is 8.38. The van der Waals surface area contributed by atoms with Crippen LogP contribution in [0.3, 0.4) is 0 Å². The Morgan fingerprint density at radius 2 is 2.00 bits per heavy atom. The molecule has 1 unspecified atom stereocenters. The van der Waals surface area contributed by atoms with Crippen molar-refractivity contribution in [3.05, 3.63) is 35.6 Å². The van der Waals surface area contributed by atoms with Crippen molar-refractivity contribution in [2.75, 3.05) is 7.05 Å². The molecule has 0 spiro atoms. The highest BCUT2D eigenvalue weighted by molar-refractivity contribution is 5.76. The van der Waals surface area contributed by atoms with Gasteiger partial charge in [0, 0.05) is 13.5 Å². The van der Waals surface area contributed by atoms with E-state index < -0.39 is 0 Å². The molecule has 1 N–H and O–H groups in total. The summed E-state index contributed by atoms with van der Waals surface area (Å²) in [4.78, 5) is 11.1. The van der Waals surface area contributed by atoms with E-state index in [2.05, 4.69) is 5.32 Å². The Labute approximate surface area is 83.1 Å². The van der Waals surface area contributed by atoms with E-state index in [0.717, 1.165) is 5.56 Å². The van der Waals surface area contributed by atoms with Gasteiger partial charge in [-0.15, -0.1) is 0 Å². The van der Waals surface area contributed by atoms with Gasteiger partial charge in [0.15, 0.2) is 0 Å². The summed E-state index contributed by atoms with van der Waals surface area (Å²) < 4.78 is 12.6. The first kappa shape index (κ1) is 10.7. The van der Waals surface area contributed by atoms with Crippen molar-refractivity contribution in [2.45, 2.75) is 19.3 Å². The molecule has 0 bridgehead atoms. The van der Waals surface area contributed by atoms with E-state index in [4.69, 9.17) is 0 Å². The quantitative estimate of drug-likeness (QED) is 0.786. The zero-order valence-corrected chi connectivity index (χ0v) is 8.38. The smallest absolute Gasteiger partial charge is 0.220 e. The second kappa shape index (κ2) is 4.74. The maximum atomic E-state index is 12.6. The lowest BCUT2D eigenvalue weighted by atomic mass is 9.97. The summed E-state index contributed by atoms with van der Waals surface area (Å²) in [5, 5.41) is 2.56. The van der Waals surface area contributed by atoms with E-state index in [-0.39, 0.29) is 17.6 Å². The number of rotatable bonds is 3. The van der Waals surface area contributed by atoms with Gasteiger partial charge in [0.1, 0.15) is 5.82 Å². The summed E-state index contributed by atoms with van der Waals surface area (Å²) >= 11 is 0. The monoisotopic (exact) mass is 195 g/mol. The number of halogens is 1. The Bertz CT molecular complexity index is 308. The van der Waals surface area contributed by atoms with E-state index in [0.29, 0.717) is 6.42 Å². The van der Waals surface area contributed by atoms with Crippen LogP contribution in [-0.4, -0.2) is 13.0 Å². The standard InChI is InChI=1S/C11H14FNO/c1-8(7-11(14)13-2)9-3-5-10(12)6-4-9/h3-6,8H,7H2,1-2H3,(H,13,14). The summed E-state index contributed by atoms with van der Waals surface area (Å²) in [6, 6.07) is 6.25. The number of carbonyl (C=O) groups excluding carboxylic acids is 1. The number of benzene rings is 1. The molecule has 2 nitrogen and oxygen atoms in total. The van der Waals surface area contributed by atoms with Crippen LogP contribution in [0.5, 0.6) is 0 Å². The van der Waals surface area contributed by atoms with E-state index >= 15 is 0 Å². The summed E-state index contributed by atoms with van der Waals surface area (Å²) in [6.45, 7) is 1.95. The summed E-state index contributed by atoms with van der Waals surface area (Å²) in [5.41, 5.74) is 0.981. The van der Waals surface area contributed by atoms with Gasteiger partial charge in [-0.3, -0.25) is 4.79 Å². The van der Waals surface area contributed by atoms with Crippen LogP contribution in [0, 0.1) is 5.82 Å². The number of hydrogen-bond acceptors (Lipinski definition) is 1. The second-order valence-corrected chi connectivity index (χ2v) is 3.33. The summed E-state index contributed by atoms with van der Waals surface area (Å²) in [7, 11) is 1.61. The lowest BCUT2D eigenvalue weighted by Gasteiger charge is -2.10. The number of hydrogen-bond donors (Lipinski definition) is 1. The van der Waals surface area contributed by atoms with E-state index in [1.807, 2.05) is 6.92 Å². The van der Waals surface area contributed by atoms with E-state index in [1.165, 1.54) is 12.1 Å². The van der Waals surface area contributed by atoms with Gasteiger partial charge in [-0.25, -0.2) is 4.39 Å². The first-order valence-corrected chi connectivity index (χ1v) is 4.59. The van der Waals surface area contributed by atoms with Crippen molar-refractivity contribution in [1.82, 2.24) is 5.32 Å². The number of nitrogens with one attached hydrogen (secondary N) is 1. The Kier molecular flexibility index (Phi) is 3.63. The molecule has 0 saturated heterocycles. The van der Waals surface area contributed by atoms with Gasteiger partial charge < -0.3 is 5.32 Å². The van der Waals surface area contributed by atoms with Crippen molar-refractivity contribution < 1.29 is 9.18 Å². The second-order valence-electron chi connectivity index (χ2n) is 3.33. The maximum absolute atomic E-state index is 12.6. The van der Waals surface area contributed by atoms with Crippen LogP contribution in [0.25, 0.3) is 0 Å². The fourth-order valence-electron chi connectivity index (χ4n) is 1.29. The molecule has 0 fully saturated rings. The molecule has 0 radical (unpaired) electrons. The predicted octanol–water partition coefficient (Wildman–Crippen LogP) is 2.07. The molecular formula is C11H14FNO. The number of carbonyl (C=O) groups is 1. The molecule has 0 aliphatic rings. The molecule has 1 rings (SSSR count). The van der Waals surface area contributed by atoms with Crippen molar-refractivity contribution in [1.29, 1.82) is 0 Å². The first-order valence-electron chi connectivity index (χ1n) is 4.59. The zero-order chi connectivity index (χ0) is 10.6. The molecule has 1 aromatic rings. The van der Waals surface area contributed by atoms with Crippen LogP contribution in [0.15, 0.2) is 24.3 Å². The summed E-state index contributed by atoms with van der Waals surface area (Å²) in [5.74, 6) is -0.127. The minimum absolute atomic E-state index is 0.00169. The molecule has 76 valence electrons. The Hall–Kier alpha value is -1.38. The fraction of sp³-hybridized carbons (Fsp3) is 0.364. The normalized spacial score (nSPS) is 12.2. The molecule has 1 aromatic carbocycles. The van der Waals surface area contributed by atoms with Gasteiger partial charge in [-0.1, -0.05) is 19.1 Å².